The smallest absolute Gasteiger partial charge is 0.0575 e. The van der Waals surface area contributed by atoms with Crippen molar-refractivity contribution in [2.75, 3.05) is 23.8 Å². The van der Waals surface area contributed by atoms with Crippen molar-refractivity contribution in [2.45, 2.75) is 6.92 Å². The van der Waals surface area contributed by atoms with E-state index in [2.05, 4.69) is 5.32 Å². The van der Waals surface area contributed by atoms with E-state index in [9.17, 15) is 0 Å². The Morgan fingerprint density at radius 3 is 2.36 bits per heavy atom. The summed E-state index contributed by atoms with van der Waals surface area (Å²) < 4.78 is 0. The quantitative estimate of drug-likeness (QED) is 0.528. The van der Waals surface area contributed by atoms with E-state index in [1.54, 1.807) is 6.07 Å². The Morgan fingerprint density at radius 2 is 1.82 bits per heavy atom. The van der Waals surface area contributed by atoms with Crippen LogP contribution in [0.15, 0.2) is 12.1 Å². The van der Waals surface area contributed by atoms with Gasteiger partial charge in [-0.05, 0) is 24.6 Å². The van der Waals surface area contributed by atoms with Crippen LogP contribution in [0.3, 0.4) is 0 Å². The molecule has 1 rings (SSSR count). The van der Waals surface area contributed by atoms with E-state index in [0.717, 1.165) is 16.9 Å². The number of hydrogen-bond donors (Lipinski definition) is 3. The van der Waals surface area contributed by atoms with Gasteiger partial charge in [0.25, 0.3) is 0 Å². The van der Waals surface area contributed by atoms with E-state index in [4.69, 9.17) is 11.5 Å². The SMILES string of the molecule is CNc1cc(C)c(N)cc1N. The first-order valence-corrected chi connectivity index (χ1v) is 3.48. The monoisotopic (exact) mass is 151 g/mol. The Hall–Kier alpha value is -1.38. The molecule has 3 nitrogen and oxygen atoms in total. The molecule has 0 heterocycles. The first-order chi connectivity index (χ1) is 5.15. The fourth-order valence-corrected chi connectivity index (χ4v) is 0.959. The fourth-order valence-electron chi connectivity index (χ4n) is 0.959. The number of nitrogens with two attached hydrogens (primary N) is 2. The third-order valence-corrected chi connectivity index (χ3v) is 1.71. The number of hydrogen-bond acceptors (Lipinski definition) is 3. The van der Waals surface area contributed by atoms with Crippen molar-refractivity contribution in [2.24, 2.45) is 0 Å². The molecule has 0 aliphatic heterocycles. The van der Waals surface area contributed by atoms with Gasteiger partial charge in [-0.2, -0.15) is 0 Å². The number of anilines is 3. The van der Waals surface area contributed by atoms with E-state index in [1.807, 2.05) is 20.0 Å². The van der Waals surface area contributed by atoms with Gasteiger partial charge in [-0.25, -0.2) is 0 Å². The van der Waals surface area contributed by atoms with E-state index in [0.29, 0.717) is 5.69 Å². The highest BCUT2D eigenvalue weighted by Crippen LogP contribution is 2.23. The number of benzene rings is 1. The van der Waals surface area contributed by atoms with Crippen LogP contribution in [0, 0.1) is 6.92 Å². The molecule has 0 amide bonds. The van der Waals surface area contributed by atoms with Gasteiger partial charge in [0, 0.05) is 12.7 Å². The fraction of sp³-hybridized carbons (Fsp3) is 0.250. The van der Waals surface area contributed by atoms with Gasteiger partial charge in [0.2, 0.25) is 0 Å². The summed E-state index contributed by atoms with van der Waals surface area (Å²) in [6.07, 6.45) is 0. The molecule has 0 bridgehead atoms. The zero-order valence-electron chi connectivity index (χ0n) is 6.81. The van der Waals surface area contributed by atoms with Crippen molar-refractivity contribution in [1.29, 1.82) is 0 Å². The van der Waals surface area contributed by atoms with Crippen LogP contribution in [0.2, 0.25) is 0 Å². The van der Waals surface area contributed by atoms with E-state index >= 15 is 0 Å². The van der Waals surface area contributed by atoms with Crippen molar-refractivity contribution >= 4 is 17.1 Å². The van der Waals surface area contributed by atoms with Crippen LogP contribution in [-0.4, -0.2) is 7.05 Å². The Labute approximate surface area is 66.4 Å². The third-order valence-electron chi connectivity index (χ3n) is 1.71. The number of aryl methyl sites for hydroxylation is 1. The summed E-state index contributed by atoms with van der Waals surface area (Å²) in [5.41, 5.74) is 14.7. The molecule has 11 heavy (non-hydrogen) atoms. The second kappa shape index (κ2) is 2.70. The molecule has 0 atom stereocenters. The third kappa shape index (κ3) is 1.37. The van der Waals surface area contributed by atoms with E-state index in [-0.39, 0.29) is 0 Å². The Balaban J connectivity index is 3.21. The van der Waals surface area contributed by atoms with Crippen LogP contribution in [0.5, 0.6) is 0 Å². The second-order valence-electron chi connectivity index (χ2n) is 2.55. The first kappa shape index (κ1) is 7.72. The molecule has 0 unspecified atom stereocenters. The van der Waals surface area contributed by atoms with Crippen molar-refractivity contribution in [1.82, 2.24) is 0 Å². The molecule has 60 valence electrons. The molecule has 0 radical (unpaired) electrons. The van der Waals surface area contributed by atoms with Gasteiger partial charge in [-0.15, -0.1) is 0 Å². The van der Waals surface area contributed by atoms with Gasteiger partial charge < -0.3 is 16.8 Å². The van der Waals surface area contributed by atoms with Crippen molar-refractivity contribution < 1.29 is 0 Å². The van der Waals surface area contributed by atoms with Gasteiger partial charge in [0.05, 0.1) is 11.4 Å². The summed E-state index contributed by atoms with van der Waals surface area (Å²) in [5, 5.41) is 2.98. The maximum absolute atomic E-state index is 5.66. The first-order valence-electron chi connectivity index (χ1n) is 3.48. The van der Waals surface area contributed by atoms with Crippen LogP contribution in [0.25, 0.3) is 0 Å². The average Bonchev–Trinajstić information content (AvgIpc) is 1.97. The highest BCUT2D eigenvalue weighted by Gasteiger charge is 1.99. The topological polar surface area (TPSA) is 64.1 Å². The minimum Gasteiger partial charge on any atom is -0.398 e. The molecular formula is C8H13N3. The number of nitrogens with one attached hydrogen (secondary N) is 1. The molecule has 3 heteroatoms. The molecule has 0 saturated heterocycles. The Morgan fingerprint density at radius 1 is 1.18 bits per heavy atom. The predicted octanol–water partition coefficient (Wildman–Crippen LogP) is 1.20. The van der Waals surface area contributed by atoms with Crippen LogP contribution in [0.4, 0.5) is 17.1 Å². The lowest BCUT2D eigenvalue weighted by atomic mass is 10.1. The Kier molecular flexibility index (Phi) is 1.89. The van der Waals surface area contributed by atoms with Gasteiger partial charge in [0.1, 0.15) is 0 Å². The molecule has 0 aliphatic carbocycles. The maximum atomic E-state index is 5.66. The van der Waals surface area contributed by atoms with E-state index in [1.165, 1.54) is 0 Å². The van der Waals surface area contributed by atoms with Crippen molar-refractivity contribution in [3.8, 4) is 0 Å². The van der Waals surface area contributed by atoms with Gasteiger partial charge >= 0.3 is 0 Å². The van der Waals surface area contributed by atoms with Gasteiger partial charge in [0.15, 0.2) is 0 Å². The normalized spacial score (nSPS) is 9.64. The number of nitrogen functional groups attached to an aromatic ring is 2. The van der Waals surface area contributed by atoms with Crippen LogP contribution >= 0.6 is 0 Å². The molecular weight excluding hydrogens is 138 g/mol. The largest absolute Gasteiger partial charge is 0.398 e. The van der Waals surface area contributed by atoms with E-state index < -0.39 is 0 Å². The van der Waals surface area contributed by atoms with Crippen molar-refractivity contribution in [3.63, 3.8) is 0 Å². The predicted molar refractivity (Wildman–Crippen MR) is 49.6 cm³/mol. The molecule has 0 aromatic heterocycles. The minimum absolute atomic E-state index is 0.690. The lowest BCUT2D eigenvalue weighted by Crippen LogP contribution is -1.99. The Bertz CT molecular complexity index is 268. The summed E-state index contributed by atoms with van der Waals surface area (Å²) in [6.45, 7) is 1.95. The molecule has 0 saturated carbocycles. The zero-order valence-corrected chi connectivity index (χ0v) is 6.81. The minimum atomic E-state index is 0.690. The molecule has 0 spiro atoms. The van der Waals surface area contributed by atoms with Gasteiger partial charge in [-0.1, -0.05) is 0 Å². The summed E-state index contributed by atoms with van der Waals surface area (Å²) in [7, 11) is 1.83. The maximum Gasteiger partial charge on any atom is 0.0575 e. The summed E-state index contributed by atoms with van der Waals surface area (Å²) >= 11 is 0. The van der Waals surface area contributed by atoms with Crippen LogP contribution in [0.1, 0.15) is 5.56 Å². The van der Waals surface area contributed by atoms with Gasteiger partial charge in [-0.3, -0.25) is 0 Å². The summed E-state index contributed by atoms with van der Waals surface area (Å²) in [4.78, 5) is 0. The second-order valence-corrected chi connectivity index (χ2v) is 2.55. The summed E-state index contributed by atoms with van der Waals surface area (Å²) in [6, 6.07) is 3.70. The molecule has 5 N–H and O–H groups in total. The van der Waals surface area contributed by atoms with Crippen molar-refractivity contribution in [3.05, 3.63) is 17.7 Å². The summed E-state index contributed by atoms with van der Waals surface area (Å²) in [5.74, 6) is 0. The highest BCUT2D eigenvalue weighted by atomic mass is 14.8. The average molecular weight is 151 g/mol. The molecule has 1 aromatic rings. The zero-order chi connectivity index (χ0) is 8.43. The lowest BCUT2D eigenvalue weighted by molar-refractivity contribution is 1.43. The van der Waals surface area contributed by atoms with Crippen LogP contribution in [-0.2, 0) is 0 Å². The number of rotatable bonds is 1. The highest BCUT2D eigenvalue weighted by molar-refractivity contribution is 5.72. The lowest BCUT2D eigenvalue weighted by Gasteiger charge is -2.07. The standard InChI is InChI=1S/C8H13N3/c1-5-3-8(11-2)7(10)4-6(5)9/h3-4,11H,9-10H2,1-2H3. The molecule has 1 aromatic carbocycles. The van der Waals surface area contributed by atoms with Crippen LogP contribution < -0.4 is 16.8 Å². The molecule has 0 fully saturated rings. The molecule has 0 aliphatic rings.